The third-order valence-corrected chi connectivity index (χ3v) is 4.66. The Balaban J connectivity index is 1.71. The molecular weight excluding hydrogens is 252 g/mol. The van der Waals surface area contributed by atoms with Gasteiger partial charge < -0.3 is 10.6 Å². The number of piperazine rings is 1. The predicted molar refractivity (Wildman–Crippen MR) is 81.6 cm³/mol. The average Bonchev–Trinajstić information content (AvgIpc) is 3.29. The van der Waals surface area contributed by atoms with Crippen LogP contribution >= 0.6 is 0 Å². The zero-order valence-electron chi connectivity index (χ0n) is 13.1. The lowest BCUT2D eigenvalue weighted by atomic mass is 10.1. The summed E-state index contributed by atoms with van der Waals surface area (Å²) in [7, 11) is 1.95. The van der Waals surface area contributed by atoms with Gasteiger partial charge in [-0.2, -0.15) is 0 Å². The van der Waals surface area contributed by atoms with E-state index >= 15 is 0 Å². The molecule has 0 bridgehead atoms. The Morgan fingerprint density at radius 1 is 1.30 bits per heavy atom. The molecule has 0 radical (unpaired) electrons. The van der Waals surface area contributed by atoms with Gasteiger partial charge in [0, 0.05) is 51.9 Å². The number of likely N-dealkylation sites (N-methyl/N-ethyl adjacent to an activating group) is 1. The molecule has 1 unspecified atom stereocenters. The van der Waals surface area contributed by atoms with Crippen LogP contribution in [0.1, 0.15) is 32.6 Å². The van der Waals surface area contributed by atoms with Crippen LogP contribution in [0.5, 0.6) is 0 Å². The highest BCUT2D eigenvalue weighted by Gasteiger charge is 2.31. The van der Waals surface area contributed by atoms with Crippen LogP contribution in [-0.2, 0) is 4.79 Å². The van der Waals surface area contributed by atoms with Gasteiger partial charge in [0.25, 0.3) is 0 Å². The first-order chi connectivity index (χ1) is 9.65. The van der Waals surface area contributed by atoms with Crippen molar-refractivity contribution in [1.29, 1.82) is 0 Å². The number of nitrogens with zero attached hydrogens (tertiary/aromatic N) is 3. The highest BCUT2D eigenvalue weighted by atomic mass is 16.2. The van der Waals surface area contributed by atoms with E-state index in [0.29, 0.717) is 18.6 Å². The summed E-state index contributed by atoms with van der Waals surface area (Å²) >= 11 is 0. The summed E-state index contributed by atoms with van der Waals surface area (Å²) in [5.41, 5.74) is 5.87. The zero-order valence-corrected chi connectivity index (χ0v) is 13.1. The number of carbonyl (C=O) groups excluding carboxylic acids is 1. The van der Waals surface area contributed by atoms with Crippen molar-refractivity contribution < 1.29 is 4.79 Å². The fourth-order valence-electron chi connectivity index (χ4n) is 3.04. The van der Waals surface area contributed by atoms with Gasteiger partial charge in [0.15, 0.2) is 0 Å². The Hall–Kier alpha value is -0.650. The molecule has 1 heterocycles. The Morgan fingerprint density at radius 3 is 2.45 bits per heavy atom. The first-order valence-electron chi connectivity index (χ1n) is 8.07. The molecule has 5 heteroatoms. The molecule has 1 aliphatic heterocycles. The Kier molecular flexibility index (Phi) is 5.81. The molecule has 2 fully saturated rings. The van der Waals surface area contributed by atoms with Crippen LogP contribution < -0.4 is 5.73 Å². The minimum absolute atomic E-state index is 0.282. The highest BCUT2D eigenvalue weighted by Crippen LogP contribution is 2.25. The van der Waals surface area contributed by atoms with Crippen LogP contribution in [0.3, 0.4) is 0 Å². The van der Waals surface area contributed by atoms with Gasteiger partial charge in [-0.15, -0.1) is 0 Å². The van der Waals surface area contributed by atoms with E-state index in [-0.39, 0.29) is 5.91 Å². The van der Waals surface area contributed by atoms with Crippen LogP contribution in [-0.4, -0.2) is 79.0 Å². The summed E-state index contributed by atoms with van der Waals surface area (Å²) < 4.78 is 0. The number of hydrogen-bond donors (Lipinski definition) is 1. The van der Waals surface area contributed by atoms with Crippen LogP contribution in [0, 0.1) is 0 Å². The lowest BCUT2D eigenvalue weighted by molar-refractivity contribution is -0.132. The van der Waals surface area contributed by atoms with Gasteiger partial charge in [0.05, 0.1) is 6.54 Å². The molecule has 2 N–H and O–H groups in total. The molecule has 116 valence electrons. The molecule has 2 rings (SSSR count). The molecule has 20 heavy (non-hydrogen) atoms. The summed E-state index contributed by atoms with van der Waals surface area (Å²) in [6.45, 7) is 7.61. The van der Waals surface area contributed by atoms with E-state index in [4.69, 9.17) is 5.73 Å². The van der Waals surface area contributed by atoms with Crippen LogP contribution in [0.2, 0.25) is 0 Å². The second kappa shape index (κ2) is 7.38. The second-order valence-corrected chi connectivity index (χ2v) is 6.23. The minimum Gasteiger partial charge on any atom is -0.342 e. The van der Waals surface area contributed by atoms with Gasteiger partial charge in [0.2, 0.25) is 5.91 Å². The molecule has 0 aromatic heterocycles. The number of carbonyl (C=O) groups is 1. The average molecular weight is 282 g/mol. The molecule has 2 aliphatic rings. The van der Waals surface area contributed by atoms with Crippen molar-refractivity contribution in [2.45, 2.75) is 44.7 Å². The Bertz CT molecular complexity index is 311. The Morgan fingerprint density at radius 2 is 1.95 bits per heavy atom. The standard InChI is InChI=1S/C15H30N4O/c1-3-4-14(11-16)19-9-7-18(8-10-19)12-15(20)17(2)13-5-6-13/h13-14H,3-12,16H2,1-2H3. The molecule has 0 aromatic rings. The van der Waals surface area contributed by atoms with E-state index in [1.54, 1.807) is 0 Å². The van der Waals surface area contributed by atoms with Crippen LogP contribution in [0.15, 0.2) is 0 Å². The summed E-state index contributed by atoms with van der Waals surface area (Å²) in [5.74, 6) is 0.282. The van der Waals surface area contributed by atoms with E-state index < -0.39 is 0 Å². The maximum atomic E-state index is 12.1. The van der Waals surface area contributed by atoms with Crippen molar-refractivity contribution in [3.8, 4) is 0 Å². The monoisotopic (exact) mass is 282 g/mol. The number of nitrogens with two attached hydrogens (primary N) is 1. The van der Waals surface area contributed by atoms with Gasteiger partial charge in [-0.25, -0.2) is 0 Å². The van der Waals surface area contributed by atoms with E-state index in [2.05, 4.69) is 16.7 Å². The summed E-state index contributed by atoms with van der Waals surface area (Å²) in [5, 5.41) is 0. The molecule has 1 aliphatic carbocycles. The highest BCUT2D eigenvalue weighted by molar-refractivity contribution is 5.78. The normalized spacial score (nSPS) is 22.8. The van der Waals surface area contributed by atoms with Gasteiger partial charge in [-0.05, 0) is 19.3 Å². The molecule has 1 amide bonds. The van der Waals surface area contributed by atoms with E-state index in [9.17, 15) is 4.79 Å². The van der Waals surface area contributed by atoms with Crippen LogP contribution in [0.25, 0.3) is 0 Å². The first-order valence-corrected chi connectivity index (χ1v) is 8.07. The maximum Gasteiger partial charge on any atom is 0.236 e. The van der Waals surface area contributed by atoms with E-state index in [1.807, 2.05) is 11.9 Å². The van der Waals surface area contributed by atoms with Crippen molar-refractivity contribution in [1.82, 2.24) is 14.7 Å². The van der Waals surface area contributed by atoms with Crippen molar-refractivity contribution in [2.24, 2.45) is 5.73 Å². The maximum absolute atomic E-state index is 12.1. The summed E-state index contributed by atoms with van der Waals surface area (Å²) in [6.07, 6.45) is 4.74. The quantitative estimate of drug-likeness (QED) is 0.732. The van der Waals surface area contributed by atoms with E-state index in [0.717, 1.165) is 32.7 Å². The second-order valence-electron chi connectivity index (χ2n) is 6.23. The zero-order chi connectivity index (χ0) is 14.5. The fourth-order valence-corrected chi connectivity index (χ4v) is 3.04. The van der Waals surface area contributed by atoms with Gasteiger partial charge >= 0.3 is 0 Å². The van der Waals surface area contributed by atoms with Crippen molar-refractivity contribution in [3.05, 3.63) is 0 Å². The summed E-state index contributed by atoms with van der Waals surface area (Å²) in [4.78, 5) is 18.8. The largest absolute Gasteiger partial charge is 0.342 e. The van der Waals surface area contributed by atoms with Crippen LogP contribution in [0.4, 0.5) is 0 Å². The lowest BCUT2D eigenvalue weighted by Gasteiger charge is -2.39. The molecule has 1 saturated carbocycles. The predicted octanol–water partition coefficient (Wildman–Crippen LogP) is 0.352. The molecule has 0 spiro atoms. The van der Waals surface area contributed by atoms with Gasteiger partial charge in [-0.1, -0.05) is 13.3 Å². The molecule has 0 aromatic carbocycles. The van der Waals surface area contributed by atoms with Gasteiger partial charge in [0.1, 0.15) is 0 Å². The van der Waals surface area contributed by atoms with Crippen molar-refractivity contribution >= 4 is 5.91 Å². The third-order valence-electron chi connectivity index (χ3n) is 4.66. The summed E-state index contributed by atoms with van der Waals surface area (Å²) in [6, 6.07) is 1.04. The Labute approximate surface area is 123 Å². The molecule has 1 saturated heterocycles. The lowest BCUT2D eigenvalue weighted by Crippen LogP contribution is -2.54. The van der Waals surface area contributed by atoms with E-state index in [1.165, 1.54) is 25.7 Å². The number of hydrogen-bond acceptors (Lipinski definition) is 4. The minimum atomic E-state index is 0.282. The van der Waals surface area contributed by atoms with Crippen molar-refractivity contribution in [3.63, 3.8) is 0 Å². The molecule has 1 atom stereocenters. The third kappa shape index (κ3) is 4.17. The van der Waals surface area contributed by atoms with Crippen molar-refractivity contribution in [2.75, 3.05) is 46.3 Å². The fraction of sp³-hybridized carbons (Fsp3) is 0.933. The topological polar surface area (TPSA) is 52.8 Å². The number of rotatable bonds is 7. The molecule has 5 nitrogen and oxygen atoms in total. The molecular formula is C15H30N4O. The first kappa shape index (κ1) is 15.7. The smallest absolute Gasteiger partial charge is 0.236 e. The number of amides is 1. The SMILES string of the molecule is CCCC(CN)N1CCN(CC(=O)N(C)C2CC2)CC1. The van der Waals surface area contributed by atoms with Gasteiger partial charge in [-0.3, -0.25) is 14.6 Å².